The Hall–Kier alpha value is -1.82. The summed E-state index contributed by atoms with van der Waals surface area (Å²) in [6, 6.07) is 19.1. The molecule has 0 heteroatoms. The van der Waals surface area contributed by atoms with Crippen LogP contribution in [0.1, 0.15) is 16.7 Å². The Balaban J connectivity index is 1.97. The van der Waals surface area contributed by atoms with Gasteiger partial charge in [0.05, 0.1) is 0 Å². The molecule has 0 saturated carbocycles. The lowest BCUT2D eigenvalue weighted by molar-refractivity contribution is 1.26. The van der Waals surface area contributed by atoms with Gasteiger partial charge in [-0.15, -0.1) is 0 Å². The molecule has 0 spiro atoms. The molecule has 0 radical (unpaired) electrons. The zero-order valence-corrected chi connectivity index (χ0v) is 9.56. The van der Waals surface area contributed by atoms with Crippen LogP contribution in [0.4, 0.5) is 0 Å². The van der Waals surface area contributed by atoms with Gasteiger partial charge in [-0.05, 0) is 24.5 Å². The fourth-order valence-electron chi connectivity index (χ4n) is 1.62. The van der Waals surface area contributed by atoms with E-state index in [-0.39, 0.29) is 0 Å². The third-order valence-electron chi connectivity index (χ3n) is 2.58. The van der Waals surface area contributed by atoms with Gasteiger partial charge in [-0.3, -0.25) is 0 Å². The van der Waals surface area contributed by atoms with E-state index in [1.807, 2.05) is 6.07 Å². The Morgan fingerprint density at radius 2 is 1.56 bits per heavy atom. The van der Waals surface area contributed by atoms with Gasteiger partial charge >= 0.3 is 0 Å². The molecule has 0 heterocycles. The Morgan fingerprint density at radius 1 is 0.875 bits per heavy atom. The molecule has 80 valence electrons. The third-order valence-corrected chi connectivity index (χ3v) is 2.58. The van der Waals surface area contributed by atoms with Crippen molar-refractivity contribution in [3.8, 4) is 0 Å². The number of aryl methyl sites for hydroxylation is 1. The first-order valence-electron chi connectivity index (χ1n) is 5.62. The Kier molecular flexibility index (Phi) is 3.55. The van der Waals surface area contributed by atoms with E-state index in [1.165, 1.54) is 16.7 Å². The topological polar surface area (TPSA) is 0 Å². The summed E-state index contributed by atoms with van der Waals surface area (Å²) in [5, 5.41) is 0. The molecule has 0 N–H and O–H groups in total. The largest absolute Gasteiger partial charge is 0.0795 e. The minimum Gasteiger partial charge on any atom is -0.0795 e. The van der Waals surface area contributed by atoms with Gasteiger partial charge in [-0.25, -0.2) is 0 Å². The first-order chi connectivity index (χ1) is 7.84. The number of allylic oxidation sites excluding steroid dienone is 1. The summed E-state index contributed by atoms with van der Waals surface area (Å²) in [4.78, 5) is 0. The predicted octanol–water partition coefficient (Wildman–Crippen LogP) is 4.25. The van der Waals surface area contributed by atoms with Crippen molar-refractivity contribution in [1.82, 2.24) is 0 Å². The highest BCUT2D eigenvalue weighted by Gasteiger charge is 1.89. The van der Waals surface area contributed by atoms with Crippen molar-refractivity contribution in [2.75, 3.05) is 0 Å². The van der Waals surface area contributed by atoms with Crippen LogP contribution >= 0.6 is 0 Å². The Morgan fingerprint density at radius 3 is 2.25 bits per heavy atom. The molecule has 0 unspecified atom stereocenters. The van der Waals surface area contributed by atoms with Gasteiger partial charge in [0.1, 0.15) is 0 Å². The van der Waals surface area contributed by atoms with Crippen LogP contribution in [-0.4, -0.2) is 0 Å². The zero-order valence-electron chi connectivity index (χ0n) is 9.56. The minimum atomic E-state index is 0.995. The molecule has 2 aromatic carbocycles. The van der Waals surface area contributed by atoms with Crippen LogP contribution in [0.15, 0.2) is 60.7 Å². The Bertz CT molecular complexity index is 449. The fraction of sp³-hybridized carbons (Fsp3) is 0.125. The van der Waals surface area contributed by atoms with Crippen LogP contribution in [0.3, 0.4) is 0 Å². The van der Waals surface area contributed by atoms with E-state index in [0.29, 0.717) is 0 Å². The fourth-order valence-corrected chi connectivity index (χ4v) is 1.62. The number of hydrogen-bond acceptors (Lipinski definition) is 0. The third kappa shape index (κ3) is 3.09. The van der Waals surface area contributed by atoms with E-state index in [2.05, 4.69) is 67.6 Å². The second-order valence-corrected chi connectivity index (χ2v) is 4.00. The van der Waals surface area contributed by atoms with E-state index in [1.54, 1.807) is 0 Å². The average molecular weight is 208 g/mol. The number of rotatable bonds is 3. The smallest absolute Gasteiger partial charge is 0.00941 e. The van der Waals surface area contributed by atoms with Crippen LogP contribution in [0.5, 0.6) is 0 Å². The SMILES string of the molecule is Cc1ccc(C/C=C/c2ccccc2)cc1. The van der Waals surface area contributed by atoms with Gasteiger partial charge in [0.15, 0.2) is 0 Å². The maximum absolute atomic E-state index is 2.21. The molecule has 16 heavy (non-hydrogen) atoms. The molecule has 0 saturated heterocycles. The summed E-state index contributed by atoms with van der Waals surface area (Å²) in [6.07, 6.45) is 5.37. The first kappa shape index (κ1) is 10.7. The van der Waals surface area contributed by atoms with E-state index < -0.39 is 0 Å². The molecule has 0 fully saturated rings. The van der Waals surface area contributed by atoms with E-state index in [9.17, 15) is 0 Å². The summed E-state index contributed by atoms with van der Waals surface area (Å²) in [5.41, 5.74) is 3.93. The van der Waals surface area contributed by atoms with E-state index in [0.717, 1.165) is 6.42 Å². The summed E-state index contributed by atoms with van der Waals surface area (Å²) in [5.74, 6) is 0. The molecule has 0 aliphatic carbocycles. The summed E-state index contributed by atoms with van der Waals surface area (Å²) in [6.45, 7) is 2.11. The second kappa shape index (κ2) is 5.32. The van der Waals surface area contributed by atoms with Crippen LogP contribution in [-0.2, 0) is 6.42 Å². The van der Waals surface area contributed by atoms with Crippen LogP contribution in [0, 0.1) is 6.92 Å². The quantitative estimate of drug-likeness (QED) is 0.707. The molecule has 0 atom stereocenters. The minimum absolute atomic E-state index is 0.995. The van der Waals surface area contributed by atoms with Gasteiger partial charge in [0, 0.05) is 0 Å². The molecule has 0 aromatic heterocycles. The van der Waals surface area contributed by atoms with Crippen molar-refractivity contribution < 1.29 is 0 Å². The van der Waals surface area contributed by atoms with Gasteiger partial charge in [0.2, 0.25) is 0 Å². The molecule has 0 amide bonds. The first-order valence-corrected chi connectivity index (χ1v) is 5.62. The van der Waals surface area contributed by atoms with Gasteiger partial charge in [0.25, 0.3) is 0 Å². The van der Waals surface area contributed by atoms with E-state index >= 15 is 0 Å². The Labute approximate surface area is 97.3 Å². The normalized spacial score (nSPS) is 10.8. The van der Waals surface area contributed by atoms with Crippen molar-refractivity contribution >= 4 is 6.08 Å². The van der Waals surface area contributed by atoms with Crippen molar-refractivity contribution in [2.24, 2.45) is 0 Å². The van der Waals surface area contributed by atoms with Crippen molar-refractivity contribution in [3.63, 3.8) is 0 Å². The van der Waals surface area contributed by atoms with Gasteiger partial charge < -0.3 is 0 Å². The van der Waals surface area contributed by atoms with Crippen LogP contribution in [0.25, 0.3) is 6.08 Å². The van der Waals surface area contributed by atoms with Crippen molar-refractivity contribution in [1.29, 1.82) is 0 Å². The van der Waals surface area contributed by atoms with E-state index in [4.69, 9.17) is 0 Å². The molecule has 0 nitrogen and oxygen atoms in total. The molecule has 2 rings (SSSR count). The highest BCUT2D eigenvalue weighted by Crippen LogP contribution is 2.06. The molecular formula is C16H16. The second-order valence-electron chi connectivity index (χ2n) is 4.00. The maximum Gasteiger partial charge on any atom is -0.00941 e. The summed E-state index contributed by atoms with van der Waals surface area (Å²) >= 11 is 0. The standard InChI is InChI=1S/C16H16/c1-14-10-12-16(13-11-14)9-5-8-15-6-3-2-4-7-15/h2-8,10-13H,9H2,1H3/b8-5+. The monoisotopic (exact) mass is 208 g/mol. The summed E-state index contributed by atoms with van der Waals surface area (Å²) in [7, 11) is 0. The lowest BCUT2D eigenvalue weighted by Gasteiger charge is -1.97. The number of hydrogen-bond donors (Lipinski definition) is 0. The van der Waals surface area contributed by atoms with Gasteiger partial charge in [-0.2, -0.15) is 0 Å². The maximum atomic E-state index is 2.21. The average Bonchev–Trinajstić information content (AvgIpc) is 2.33. The molecule has 0 aliphatic heterocycles. The summed E-state index contributed by atoms with van der Waals surface area (Å²) < 4.78 is 0. The molecule has 0 aliphatic rings. The predicted molar refractivity (Wildman–Crippen MR) is 70.4 cm³/mol. The molecule has 2 aromatic rings. The number of benzene rings is 2. The highest BCUT2D eigenvalue weighted by atomic mass is 13.9. The highest BCUT2D eigenvalue weighted by molar-refractivity contribution is 5.49. The van der Waals surface area contributed by atoms with Crippen LogP contribution in [0.2, 0.25) is 0 Å². The van der Waals surface area contributed by atoms with Crippen molar-refractivity contribution in [2.45, 2.75) is 13.3 Å². The van der Waals surface area contributed by atoms with Crippen LogP contribution < -0.4 is 0 Å². The lowest BCUT2D eigenvalue weighted by atomic mass is 10.1. The molecule has 0 bridgehead atoms. The van der Waals surface area contributed by atoms with Gasteiger partial charge in [-0.1, -0.05) is 72.3 Å². The van der Waals surface area contributed by atoms with Crippen molar-refractivity contribution in [3.05, 3.63) is 77.4 Å². The molecular weight excluding hydrogens is 192 g/mol. The lowest BCUT2D eigenvalue weighted by Crippen LogP contribution is -1.80. The zero-order chi connectivity index (χ0) is 11.2.